The first-order valence-corrected chi connectivity index (χ1v) is 9.96. The number of carbonyl (C=O) groups excluding carboxylic acids is 1. The lowest BCUT2D eigenvalue weighted by molar-refractivity contribution is 0.0252. The Morgan fingerprint density at radius 1 is 1.10 bits per heavy atom. The van der Waals surface area contributed by atoms with Gasteiger partial charge in [0, 0.05) is 5.56 Å². The van der Waals surface area contributed by atoms with Crippen molar-refractivity contribution >= 4 is 22.8 Å². The molecule has 1 aliphatic rings. The third-order valence-corrected chi connectivity index (χ3v) is 5.51. The molecule has 0 radical (unpaired) electrons. The molecule has 1 atom stereocenters. The lowest BCUT2D eigenvalue weighted by Crippen LogP contribution is -2.55. The highest BCUT2D eigenvalue weighted by atomic mass is 16.5. The molecular weight excluding hydrogens is 380 g/mol. The molecule has 0 unspecified atom stereocenters. The smallest absolute Gasteiger partial charge is 0.407 e. The van der Waals surface area contributed by atoms with Crippen molar-refractivity contribution in [3.8, 4) is 5.75 Å². The van der Waals surface area contributed by atoms with Crippen molar-refractivity contribution in [1.29, 1.82) is 0 Å². The van der Waals surface area contributed by atoms with Crippen LogP contribution < -0.4 is 10.1 Å². The summed E-state index contributed by atoms with van der Waals surface area (Å²) in [5.41, 5.74) is 2.47. The summed E-state index contributed by atoms with van der Waals surface area (Å²) in [5, 5.41) is 14.3. The van der Waals surface area contributed by atoms with Crippen LogP contribution >= 0.6 is 0 Å². The van der Waals surface area contributed by atoms with Gasteiger partial charge in [0.05, 0.1) is 19.1 Å². The summed E-state index contributed by atoms with van der Waals surface area (Å²) in [6.45, 7) is 4.53. The zero-order valence-electron chi connectivity index (χ0n) is 17.0. The van der Waals surface area contributed by atoms with Gasteiger partial charge in [0.15, 0.2) is 0 Å². The fraction of sp³-hybridized carbons (Fsp3) is 0.250. The maximum Gasteiger partial charge on any atom is 0.407 e. The van der Waals surface area contributed by atoms with E-state index >= 15 is 0 Å². The Bertz CT molecular complexity index is 1100. The summed E-state index contributed by atoms with van der Waals surface area (Å²) in [5.74, 6) is 0.401. The molecular formula is C24H24N2O4. The van der Waals surface area contributed by atoms with Crippen molar-refractivity contribution in [3.63, 3.8) is 0 Å². The Morgan fingerprint density at radius 3 is 2.60 bits per heavy atom. The summed E-state index contributed by atoms with van der Waals surface area (Å²) in [4.78, 5) is 25.2. The lowest BCUT2D eigenvalue weighted by atomic mass is 9.99. The molecule has 6 nitrogen and oxygen atoms in total. The number of aryl methyl sites for hydroxylation is 1. The van der Waals surface area contributed by atoms with E-state index in [4.69, 9.17) is 9.84 Å². The predicted molar refractivity (Wildman–Crippen MR) is 115 cm³/mol. The minimum absolute atomic E-state index is 0.164. The Kier molecular flexibility index (Phi) is 5.31. The minimum atomic E-state index is -0.943. The van der Waals surface area contributed by atoms with Crippen molar-refractivity contribution in [1.82, 2.24) is 10.2 Å². The summed E-state index contributed by atoms with van der Waals surface area (Å²) in [7, 11) is 0. The van der Waals surface area contributed by atoms with Gasteiger partial charge in [-0.25, -0.2) is 4.79 Å². The highest BCUT2D eigenvalue weighted by molar-refractivity contribution is 5.96. The summed E-state index contributed by atoms with van der Waals surface area (Å²) < 4.78 is 5.84. The molecule has 0 bridgehead atoms. The third-order valence-electron chi connectivity index (χ3n) is 5.51. The summed E-state index contributed by atoms with van der Waals surface area (Å²) >= 11 is 0. The normalized spacial score (nSPS) is 14.8. The van der Waals surface area contributed by atoms with Crippen molar-refractivity contribution in [2.45, 2.75) is 26.0 Å². The Labute approximate surface area is 175 Å². The third kappa shape index (κ3) is 3.94. The Balaban J connectivity index is 1.48. The molecule has 3 aromatic rings. The molecule has 3 aromatic carbocycles. The van der Waals surface area contributed by atoms with Crippen LogP contribution in [0.2, 0.25) is 0 Å². The van der Waals surface area contributed by atoms with Crippen LogP contribution in [0.4, 0.5) is 4.79 Å². The van der Waals surface area contributed by atoms with E-state index in [0.29, 0.717) is 24.4 Å². The van der Waals surface area contributed by atoms with Gasteiger partial charge >= 0.3 is 6.09 Å². The topological polar surface area (TPSA) is 78.9 Å². The monoisotopic (exact) mass is 404 g/mol. The number of amides is 2. The van der Waals surface area contributed by atoms with E-state index in [-0.39, 0.29) is 18.1 Å². The number of nitrogens with zero attached hydrogens (tertiary/aromatic N) is 1. The summed E-state index contributed by atoms with van der Waals surface area (Å²) in [6, 6.07) is 19.4. The molecule has 0 spiro atoms. The highest BCUT2D eigenvalue weighted by Gasteiger charge is 2.32. The van der Waals surface area contributed by atoms with Gasteiger partial charge in [-0.3, -0.25) is 4.79 Å². The van der Waals surface area contributed by atoms with E-state index in [2.05, 4.69) is 23.5 Å². The Hall–Kier alpha value is -3.54. The van der Waals surface area contributed by atoms with Gasteiger partial charge in [-0.05, 0) is 47.9 Å². The van der Waals surface area contributed by atoms with Gasteiger partial charge in [-0.15, -0.1) is 0 Å². The zero-order chi connectivity index (χ0) is 21.3. The first kappa shape index (κ1) is 19.8. The van der Waals surface area contributed by atoms with E-state index in [9.17, 15) is 9.59 Å². The number of rotatable bonds is 5. The number of benzene rings is 3. The first-order chi connectivity index (χ1) is 14.4. The number of hydrogen-bond donors (Lipinski definition) is 2. The predicted octanol–water partition coefficient (Wildman–Crippen LogP) is 4.38. The van der Waals surface area contributed by atoms with Crippen LogP contribution in [0.15, 0.2) is 60.7 Å². The molecule has 0 aromatic heterocycles. The van der Waals surface area contributed by atoms with E-state index in [1.807, 2.05) is 50.2 Å². The van der Waals surface area contributed by atoms with Gasteiger partial charge in [0.25, 0.3) is 5.91 Å². The standard InChI is InChI=1S/C24H24N2O4/c1-15-10-11-18(30-19-13-26(14-19)24(28)29)12-22(15)23(27)25-16(2)20-9-5-7-17-6-3-4-8-21(17)20/h3-12,16,19H,13-14H2,1-2H3,(H,25,27)(H,28,29)/t16-/m1/s1. The fourth-order valence-corrected chi connectivity index (χ4v) is 3.76. The SMILES string of the molecule is Cc1ccc(OC2CN(C(=O)O)C2)cc1C(=O)N[C@H](C)c1cccc2ccccc12. The van der Waals surface area contributed by atoms with E-state index in [1.54, 1.807) is 6.07 Å². The second kappa shape index (κ2) is 8.06. The highest BCUT2D eigenvalue weighted by Crippen LogP contribution is 2.26. The van der Waals surface area contributed by atoms with Crippen LogP contribution in [0.1, 0.15) is 34.5 Å². The second-order valence-corrected chi connectivity index (χ2v) is 7.67. The number of nitrogens with one attached hydrogen (secondary N) is 1. The van der Waals surface area contributed by atoms with Crippen LogP contribution in [-0.4, -0.2) is 41.2 Å². The maximum absolute atomic E-state index is 13.0. The zero-order valence-corrected chi connectivity index (χ0v) is 17.0. The number of ether oxygens (including phenoxy) is 1. The molecule has 4 rings (SSSR count). The quantitative estimate of drug-likeness (QED) is 0.661. The molecule has 154 valence electrons. The molecule has 6 heteroatoms. The van der Waals surface area contributed by atoms with Gasteiger partial charge in [-0.2, -0.15) is 0 Å². The minimum Gasteiger partial charge on any atom is -0.487 e. The van der Waals surface area contributed by atoms with Gasteiger partial charge < -0.3 is 20.1 Å². The second-order valence-electron chi connectivity index (χ2n) is 7.67. The largest absolute Gasteiger partial charge is 0.487 e. The molecule has 0 aliphatic carbocycles. The molecule has 1 aliphatic heterocycles. The average Bonchev–Trinajstić information content (AvgIpc) is 2.70. The summed E-state index contributed by atoms with van der Waals surface area (Å²) in [6.07, 6.45) is -1.13. The molecule has 0 saturated carbocycles. The van der Waals surface area contributed by atoms with Crippen molar-refractivity contribution in [2.75, 3.05) is 13.1 Å². The van der Waals surface area contributed by atoms with E-state index < -0.39 is 6.09 Å². The van der Waals surface area contributed by atoms with Crippen molar-refractivity contribution in [3.05, 3.63) is 77.4 Å². The van der Waals surface area contributed by atoms with Crippen molar-refractivity contribution < 1.29 is 19.4 Å². The number of carboxylic acid groups (broad SMARTS) is 1. The fourth-order valence-electron chi connectivity index (χ4n) is 3.76. The number of carbonyl (C=O) groups is 2. The molecule has 2 N–H and O–H groups in total. The van der Waals surface area contributed by atoms with Crippen LogP contribution in [-0.2, 0) is 0 Å². The molecule has 1 saturated heterocycles. The van der Waals surface area contributed by atoms with Gasteiger partial charge in [0.2, 0.25) is 0 Å². The average molecular weight is 404 g/mol. The molecule has 1 heterocycles. The van der Waals surface area contributed by atoms with Gasteiger partial charge in [-0.1, -0.05) is 48.5 Å². The van der Waals surface area contributed by atoms with Crippen LogP contribution in [0.3, 0.4) is 0 Å². The number of likely N-dealkylation sites (tertiary alicyclic amines) is 1. The molecule has 2 amide bonds. The lowest BCUT2D eigenvalue weighted by Gasteiger charge is -2.36. The van der Waals surface area contributed by atoms with Crippen LogP contribution in [0.5, 0.6) is 5.75 Å². The van der Waals surface area contributed by atoms with E-state index in [0.717, 1.165) is 21.9 Å². The van der Waals surface area contributed by atoms with Gasteiger partial charge in [0.1, 0.15) is 11.9 Å². The molecule has 30 heavy (non-hydrogen) atoms. The maximum atomic E-state index is 13.0. The van der Waals surface area contributed by atoms with Crippen LogP contribution in [0.25, 0.3) is 10.8 Å². The first-order valence-electron chi connectivity index (χ1n) is 9.96. The number of hydrogen-bond acceptors (Lipinski definition) is 3. The van der Waals surface area contributed by atoms with Crippen LogP contribution in [0, 0.1) is 6.92 Å². The molecule has 1 fully saturated rings. The number of fused-ring (bicyclic) bond motifs is 1. The van der Waals surface area contributed by atoms with Crippen molar-refractivity contribution in [2.24, 2.45) is 0 Å². The Morgan fingerprint density at radius 2 is 1.83 bits per heavy atom. The van der Waals surface area contributed by atoms with E-state index in [1.165, 1.54) is 4.90 Å².